The molecule has 0 aliphatic rings. The Kier molecular flexibility index (Phi) is 18.9. The zero-order valence-electron chi connectivity index (χ0n) is 18.6. The molecule has 1 aromatic rings. The van der Waals surface area contributed by atoms with E-state index in [2.05, 4.69) is 5.32 Å². The number of ether oxygens (including phenoxy) is 7. The summed E-state index contributed by atoms with van der Waals surface area (Å²) in [5.41, 5.74) is 0.946. The summed E-state index contributed by atoms with van der Waals surface area (Å²) in [5, 5.41) is 2.64. The van der Waals surface area contributed by atoms with Crippen LogP contribution < -0.4 is 5.32 Å². The molecule has 178 valence electrons. The fraction of sp³-hybridized carbons (Fsp3) is 0.682. The molecule has 0 saturated heterocycles. The Morgan fingerprint density at radius 3 is 1.61 bits per heavy atom. The Hall–Kier alpha value is -1.75. The van der Waals surface area contributed by atoms with Crippen LogP contribution in [0.3, 0.4) is 0 Å². The van der Waals surface area contributed by atoms with Crippen molar-refractivity contribution in [2.75, 3.05) is 85.8 Å². The number of benzene rings is 1. The lowest BCUT2D eigenvalue weighted by Gasteiger charge is -2.09. The Morgan fingerprint density at radius 1 is 0.677 bits per heavy atom. The maximum atomic E-state index is 11.6. The van der Waals surface area contributed by atoms with Gasteiger partial charge < -0.3 is 38.5 Å². The molecule has 0 aromatic heterocycles. The number of rotatable bonds is 21. The van der Waals surface area contributed by atoms with Gasteiger partial charge in [-0.25, -0.2) is 4.79 Å². The van der Waals surface area contributed by atoms with E-state index < -0.39 is 6.09 Å². The van der Waals surface area contributed by atoms with E-state index in [4.69, 9.17) is 33.2 Å². The number of alkyl carbamates (subject to hydrolysis) is 1. The molecule has 0 aliphatic carbocycles. The molecule has 0 bridgehead atoms. The number of nitrogens with one attached hydrogen (secondary N) is 1. The zero-order chi connectivity index (χ0) is 22.2. The Bertz CT molecular complexity index is 517. The summed E-state index contributed by atoms with van der Waals surface area (Å²) >= 11 is 0. The molecular weight excluding hydrogens is 406 g/mol. The quantitative estimate of drug-likeness (QED) is 0.289. The van der Waals surface area contributed by atoms with Gasteiger partial charge in [0, 0.05) is 13.2 Å². The van der Waals surface area contributed by atoms with E-state index in [1.807, 2.05) is 37.3 Å². The molecular formula is C22H37NO8. The van der Waals surface area contributed by atoms with Crippen LogP contribution in [0.2, 0.25) is 0 Å². The SMILES string of the molecule is CCOCCOCCOCCOCCOCCOCCNC(=O)OCc1ccccc1. The Labute approximate surface area is 185 Å². The third-order valence-electron chi connectivity index (χ3n) is 3.79. The molecule has 9 heteroatoms. The van der Waals surface area contributed by atoms with E-state index in [0.29, 0.717) is 85.8 Å². The van der Waals surface area contributed by atoms with Gasteiger partial charge in [-0.2, -0.15) is 0 Å². The number of carbonyl (C=O) groups excluding carboxylic acids is 1. The topological polar surface area (TPSA) is 93.7 Å². The first-order valence-corrected chi connectivity index (χ1v) is 10.7. The average molecular weight is 444 g/mol. The monoisotopic (exact) mass is 443 g/mol. The predicted octanol–water partition coefficient (Wildman–Crippen LogP) is 2.03. The van der Waals surface area contributed by atoms with Gasteiger partial charge in [-0.05, 0) is 12.5 Å². The van der Waals surface area contributed by atoms with Gasteiger partial charge in [-0.1, -0.05) is 30.3 Å². The van der Waals surface area contributed by atoms with E-state index >= 15 is 0 Å². The van der Waals surface area contributed by atoms with Gasteiger partial charge in [0.1, 0.15) is 6.61 Å². The minimum absolute atomic E-state index is 0.249. The van der Waals surface area contributed by atoms with Crippen molar-refractivity contribution in [3.63, 3.8) is 0 Å². The first-order valence-electron chi connectivity index (χ1n) is 10.7. The van der Waals surface area contributed by atoms with Crippen LogP contribution in [0.25, 0.3) is 0 Å². The van der Waals surface area contributed by atoms with E-state index in [1.165, 1.54) is 0 Å². The second-order valence-electron chi connectivity index (χ2n) is 6.25. The fourth-order valence-corrected chi connectivity index (χ4v) is 2.24. The fourth-order valence-electron chi connectivity index (χ4n) is 2.24. The molecule has 1 rings (SSSR count). The van der Waals surface area contributed by atoms with Crippen LogP contribution >= 0.6 is 0 Å². The lowest BCUT2D eigenvalue weighted by molar-refractivity contribution is -0.0160. The molecule has 0 radical (unpaired) electrons. The van der Waals surface area contributed by atoms with Crippen LogP contribution in [0.15, 0.2) is 30.3 Å². The van der Waals surface area contributed by atoms with Gasteiger partial charge in [0.05, 0.1) is 72.7 Å². The second kappa shape index (κ2) is 21.5. The molecule has 1 N–H and O–H groups in total. The van der Waals surface area contributed by atoms with Gasteiger partial charge >= 0.3 is 6.09 Å². The van der Waals surface area contributed by atoms with Crippen molar-refractivity contribution in [1.29, 1.82) is 0 Å². The van der Waals surface area contributed by atoms with Crippen LogP contribution in [0.1, 0.15) is 12.5 Å². The van der Waals surface area contributed by atoms with Crippen molar-refractivity contribution in [3.8, 4) is 0 Å². The molecule has 0 fully saturated rings. The standard InChI is InChI=1S/C22H37NO8/c1-2-25-10-11-27-14-15-29-18-19-30-17-16-28-13-12-26-9-8-23-22(24)31-20-21-6-4-3-5-7-21/h3-7H,2,8-20H2,1H3,(H,23,24). The highest BCUT2D eigenvalue weighted by molar-refractivity contribution is 5.67. The summed E-state index contributed by atoms with van der Waals surface area (Å²) in [6, 6.07) is 9.52. The molecule has 9 nitrogen and oxygen atoms in total. The van der Waals surface area contributed by atoms with Crippen molar-refractivity contribution >= 4 is 6.09 Å². The highest BCUT2D eigenvalue weighted by Crippen LogP contribution is 2.00. The van der Waals surface area contributed by atoms with Crippen molar-refractivity contribution in [3.05, 3.63) is 35.9 Å². The van der Waals surface area contributed by atoms with Gasteiger partial charge in [-0.3, -0.25) is 0 Å². The first-order chi connectivity index (χ1) is 15.3. The Morgan fingerprint density at radius 2 is 1.13 bits per heavy atom. The van der Waals surface area contributed by atoms with E-state index in [9.17, 15) is 4.79 Å². The highest BCUT2D eigenvalue weighted by atomic mass is 16.6. The van der Waals surface area contributed by atoms with Crippen molar-refractivity contribution in [1.82, 2.24) is 5.32 Å². The van der Waals surface area contributed by atoms with E-state index in [1.54, 1.807) is 0 Å². The molecule has 0 saturated carbocycles. The zero-order valence-corrected chi connectivity index (χ0v) is 18.6. The molecule has 0 unspecified atom stereocenters. The summed E-state index contributed by atoms with van der Waals surface area (Å²) < 4.78 is 37.2. The van der Waals surface area contributed by atoms with Gasteiger partial charge in [-0.15, -0.1) is 0 Å². The van der Waals surface area contributed by atoms with Crippen molar-refractivity contribution in [2.24, 2.45) is 0 Å². The average Bonchev–Trinajstić information content (AvgIpc) is 2.80. The van der Waals surface area contributed by atoms with Gasteiger partial charge in [0.25, 0.3) is 0 Å². The maximum Gasteiger partial charge on any atom is 0.407 e. The largest absolute Gasteiger partial charge is 0.445 e. The highest BCUT2D eigenvalue weighted by Gasteiger charge is 2.01. The smallest absolute Gasteiger partial charge is 0.407 e. The summed E-state index contributed by atoms with van der Waals surface area (Å²) in [4.78, 5) is 11.6. The van der Waals surface area contributed by atoms with Gasteiger partial charge in [0.15, 0.2) is 0 Å². The van der Waals surface area contributed by atoms with Crippen LogP contribution in [0.4, 0.5) is 4.79 Å². The van der Waals surface area contributed by atoms with Crippen molar-refractivity contribution < 1.29 is 38.0 Å². The molecule has 31 heavy (non-hydrogen) atoms. The summed E-state index contributed by atoms with van der Waals surface area (Å²) in [7, 11) is 0. The number of hydrogen-bond acceptors (Lipinski definition) is 8. The third-order valence-corrected chi connectivity index (χ3v) is 3.79. The summed E-state index contributed by atoms with van der Waals surface area (Å²) in [5.74, 6) is 0. The molecule has 0 spiro atoms. The van der Waals surface area contributed by atoms with E-state index in [0.717, 1.165) is 5.56 Å². The normalized spacial score (nSPS) is 10.9. The van der Waals surface area contributed by atoms with Crippen LogP contribution in [-0.2, 0) is 39.8 Å². The minimum Gasteiger partial charge on any atom is -0.445 e. The van der Waals surface area contributed by atoms with Gasteiger partial charge in [0.2, 0.25) is 0 Å². The Balaban J connectivity index is 1.72. The minimum atomic E-state index is -0.459. The predicted molar refractivity (Wildman–Crippen MR) is 115 cm³/mol. The second-order valence-corrected chi connectivity index (χ2v) is 6.25. The maximum absolute atomic E-state index is 11.6. The molecule has 1 amide bonds. The lowest BCUT2D eigenvalue weighted by atomic mass is 10.2. The van der Waals surface area contributed by atoms with Crippen molar-refractivity contribution in [2.45, 2.75) is 13.5 Å². The number of carbonyl (C=O) groups is 1. The molecule has 0 aliphatic heterocycles. The third kappa shape index (κ3) is 18.7. The molecule has 0 heterocycles. The number of hydrogen-bond donors (Lipinski definition) is 1. The lowest BCUT2D eigenvalue weighted by Crippen LogP contribution is -2.28. The molecule has 0 atom stereocenters. The van der Waals surface area contributed by atoms with Crippen LogP contribution in [-0.4, -0.2) is 91.9 Å². The number of amides is 1. The van der Waals surface area contributed by atoms with Crippen LogP contribution in [0.5, 0.6) is 0 Å². The van der Waals surface area contributed by atoms with Crippen LogP contribution in [0, 0.1) is 0 Å². The van der Waals surface area contributed by atoms with E-state index in [-0.39, 0.29) is 6.61 Å². The molecule has 1 aromatic carbocycles. The summed E-state index contributed by atoms with van der Waals surface area (Å²) in [6.45, 7) is 8.96. The summed E-state index contributed by atoms with van der Waals surface area (Å²) in [6.07, 6.45) is -0.459. The first kappa shape index (κ1) is 27.3.